The van der Waals surface area contributed by atoms with E-state index in [4.69, 9.17) is 0 Å². The second kappa shape index (κ2) is 5.34. The lowest BCUT2D eigenvalue weighted by atomic mass is 9.91. The molecule has 0 aromatic rings. The summed E-state index contributed by atoms with van der Waals surface area (Å²) >= 11 is 0. The first kappa shape index (κ1) is 15.1. The van der Waals surface area contributed by atoms with E-state index in [1.54, 1.807) is 4.90 Å². The van der Waals surface area contributed by atoms with Crippen LogP contribution in [0.25, 0.3) is 0 Å². The second-order valence-electron chi connectivity index (χ2n) is 4.47. The van der Waals surface area contributed by atoms with Crippen LogP contribution in [0.4, 0.5) is 18.0 Å². The third kappa shape index (κ3) is 2.88. The SMILES string of the molecule is CCN(CC)C(=O)N1CCC(O)(C(F)(F)F)CC1. The van der Waals surface area contributed by atoms with E-state index in [0.717, 1.165) is 0 Å². The van der Waals surface area contributed by atoms with Gasteiger partial charge in [0.25, 0.3) is 0 Å². The van der Waals surface area contributed by atoms with Gasteiger partial charge in [0.15, 0.2) is 5.60 Å². The van der Waals surface area contributed by atoms with E-state index in [0.29, 0.717) is 13.1 Å². The number of rotatable bonds is 2. The van der Waals surface area contributed by atoms with Crippen molar-refractivity contribution in [1.82, 2.24) is 9.80 Å². The van der Waals surface area contributed by atoms with Gasteiger partial charge < -0.3 is 14.9 Å². The smallest absolute Gasteiger partial charge is 0.380 e. The van der Waals surface area contributed by atoms with Gasteiger partial charge in [0.05, 0.1) is 0 Å². The molecule has 0 aliphatic carbocycles. The molecule has 0 atom stereocenters. The molecule has 1 heterocycles. The molecule has 1 aliphatic rings. The zero-order chi connectivity index (χ0) is 14.0. The topological polar surface area (TPSA) is 43.8 Å². The molecular formula is C11H19F3N2O2. The summed E-state index contributed by atoms with van der Waals surface area (Å²) in [6.07, 6.45) is -5.54. The molecule has 0 unspecified atom stereocenters. The zero-order valence-electron chi connectivity index (χ0n) is 10.6. The minimum Gasteiger partial charge on any atom is -0.380 e. The number of hydrogen-bond donors (Lipinski definition) is 1. The summed E-state index contributed by atoms with van der Waals surface area (Å²) in [6.45, 7) is 4.55. The van der Waals surface area contributed by atoms with Crippen molar-refractivity contribution in [2.75, 3.05) is 26.2 Å². The summed E-state index contributed by atoms with van der Waals surface area (Å²) in [7, 11) is 0. The van der Waals surface area contributed by atoms with Crippen molar-refractivity contribution in [1.29, 1.82) is 0 Å². The fourth-order valence-electron chi connectivity index (χ4n) is 2.05. The van der Waals surface area contributed by atoms with Crippen molar-refractivity contribution in [2.24, 2.45) is 0 Å². The number of amides is 2. The van der Waals surface area contributed by atoms with Crippen LogP contribution in [-0.4, -0.2) is 58.9 Å². The molecule has 0 spiro atoms. The molecule has 0 saturated carbocycles. The van der Waals surface area contributed by atoms with E-state index in [9.17, 15) is 23.1 Å². The van der Waals surface area contributed by atoms with Gasteiger partial charge in [-0.25, -0.2) is 4.79 Å². The number of aliphatic hydroxyl groups is 1. The molecule has 0 aromatic heterocycles. The summed E-state index contributed by atoms with van der Waals surface area (Å²) < 4.78 is 37.7. The largest absolute Gasteiger partial charge is 0.417 e. The molecule has 1 N–H and O–H groups in total. The van der Waals surface area contributed by atoms with Gasteiger partial charge in [-0.2, -0.15) is 13.2 Å². The molecule has 2 amide bonds. The van der Waals surface area contributed by atoms with Gasteiger partial charge in [0, 0.05) is 39.0 Å². The number of piperidine rings is 1. The second-order valence-corrected chi connectivity index (χ2v) is 4.47. The molecule has 1 aliphatic heterocycles. The molecule has 18 heavy (non-hydrogen) atoms. The molecular weight excluding hydrogens is 249 g/mol. The Balaban J connectivity index is 2.62. The van der Waals surface area contributed by atoms with E-state index in [1.807, 2.05) is 13.8 Å². The highest BCUT2D eigenvalue weighted by molar-refractivity contribution is 5.74. The average molecular weight is 268 g/mol. The van der Waals surface area contributed by atoms with Crippen LogP contribution >= 0.6 is 0 Å². The highest BCUT2D eigenvalue weighted by Gasteiger charge is 2.55. The van der Waals surface area contributed by atoms with Crippen molar-refractivity contribution < 1.29 is 23.1 Å². The van der Waals surface area contributed by atoms with Crippen LogP contribution in [0, 0.1) is 0 Å². The highest BCUT2D eigenvalue weighted by atomic mass is 19.4. The summed E-state index contributed by atoms with van der Waals surface area (Å²) in [5.74, 6) is 0. The van der Waals surface area contributed by atoms with Crippen molar-refractivity contribution in [3.8, 4) is 0 Å². The first-order valence-corrected chi connectivity index (χ1v) is 6.08. The predicted molar refractivity (Wildman–Crippen MR) is 60.1 cm³/mol. The van der Waals surface area contributed by atoms with E-state index >= 15 is 0 Å². The van der Waals surface area contributed by atoms with Crippen molar-refractivity contribution in [2.45, 2.75) is 38.5 Å². The van der Waals surface area contributed by atoms with Crippen molar-refractivity contribution in [3.63, 3.8) is 0 Å². The first-order valence-electron chi connectivity index (χ1n) is 6.08. The molecule has 0 radical (unpaired) electrons. The van der Waals surface area contributed by atoms with Crippen LogP contribution < -0.4 is 0 Å². The first-order chi connectivity index (χ1) is 8.25. The fourth-order valence-corrected chi connectivity index (χ4v) is 2.05. The summed E-state index contributed by atoms with van der Waals surface area (Å²) in [5.41, 5.74) is -2.65. The molecule has 0 bridgehead atoms. The Hall–Kier alpha value is -0.980. The number of nitrogens with zero attached hydrogens (tertiary/aromatic N) is 2. The van der Waals surface area contributed by atoms with E-state index in [2.05, 4.69) is 0 Å². The normalized spacial score (nSPS) is 19.8. The Bertz CT molecular complexity index is 295. The standard InChI is InChI=1S/C11H19F3N2O2/c1-3-15(4-2)9(17)16-7-5-10(18,6-8-16)11(12,13)14/h18H,3-8H2,1-2H3. The summed E-state index contributed by atoms with van der Waals surface area (Å²) in [4.78, 5) is 14.8. The third-order valence-electron chi connectivity index (χ3n) is 3.42. The van der Waals surface area contributed by atoms with Crippen LogP contribution in [0.15, 0.2) is 0 Å². The van der Waals surface area contributed by atoms with Gasteiger partial charge >= 0.3 is 12.2 Å². The zero-order valence-corrected chi connectivity index (χ0v) is 10.6. The van der Waals surface area contributed by atoms with Gasteiger partial charge in [-0.3, -0.25) is 0 Å². The molecule has 4 nitrogen and oxygen atoms in total. The fraction of sp³-hybridized carbons (Fsp3) is 0.909. The van der Waals surface area contributed by atoms with Gasteiger partial charge in [-0.1, -0.05) is 0 Å². The third-order valence-corrected chi connectivity index (χ3v) is 3.42. The average Bonchev–Trinajstić information content (AvgIpc) is 2.30. The number of halogens is 3. The molecule has 7 heteroatoms. The minimum absolute atomic E-state index is 0.0641. The molecule has 1 fully saturated rings. The van der Waals surface area contributed by atoms with Crippen molar-refractivity contribution >= 4 is 6.03 Å². The van der Waals surface area contributed by atoms with E-state index in [1.165, 1.54) is 4.90 Å². The van der Waals surface area contributed by atoms with Crippen LogP contribution in [-0.2, 0) is 0 Å². The molecule has 1 rings (SSSR count). The van der Waals surface area contributed by atoms with E-state index in [-0.39, 0.29) is 19.1 Å². The lowest BCUT2D eigenvalue weighted by molar-refractivity contribution is -0.271. The number of carbonyl (C=O) groups excluding carboxylic acids is 1. The van der Waals surface area contributed by atoms with Gasteiger partial charge in [-0.15, -0.1) is 0 Å². The lowest BCUT2D eigenvalue weighted by Gasteiger charge is -2.40. The monoisotopic (exact) mass is 268 g/mol. The van der Waals surface area contributed by atoms with Crippen molar-refractivity contribution in [3.05, 3.63) is 0 Å². The predicted octanol–water partition coefficient (Wildman–Crippen LogP) is 1.84. The minimum atomic E-state index is -4.63. The number of alkyl halides is 3. The lowest BCUT2D eigenvalue weighted by Crippen LogP contribution is -2.56. The molecule has 106 valence electrons. The number of hydrogen-bond acceptors (Lipinski definition) is 2. The van der Waals surface area contributed by atoms with Crippen LogP contribution in [0.5, 0.6) is 0 Å². The van der Waals surface area contributed by atoms with Gasteiger partial charge in [-0.05, 0) is 13.8 Å². The molecule has 0 aromatic carbocycles. The summed E-state index contributed by atoms with van der Waals surface area (Å²) in [6, 6.07) is -0.260. The Morgan fingerprint density at radius 3 is 2.06 bits per heavy atom. The quantitative estimate of drug-likeness (QED) is 0.830. The Kier molecular flexibility index (Phi) is 4.47. The van der Waals surface area contributed by atoms with Crippen LogP contribution in [0.3, 0.4) is 0 Å². The summed E-state index contributed by atoms with van der Waals surface area (Å²) in [5, 5.41) is 9.48. The molecule has 1 saturated heterocycles. The Morgan fingerprint density at radius 1 is 1.28 bits per heavy atom. The Labute approximate surface area is 104 Å². The van der Waals surface area contributed by atoms with E-state index < -0.39 is 24.6 Å². The van der Waals surface area contributed by atoms with Gasteiger partial charge in [0.1, 0.15) is 0 Å². The van der Waals surface area contributed by atoms with Crippen LogP contribution in [0.1, 0.15) is 26.7 Å². The number of carbonyl (C=O) groups is 1. The number of likely N-dealkylation sites (tertiary alicyclic amines) is 1. The number of urea groups is 1. The highest BCUT2D eigenvalue weighted by Crippen LogP contribution is 2.38. The maximum Gasteiger partial charge on any atom is 0.417 e. The van der Waals surface area contributed by atoms with Crippen LogP contribution in [0.2, 0.25) is 0 Å². The maximum atomic E-state index is 12.6. The maximum absolute atomic E-state index is 12.6. The van der Waals surface area contributed by atoms with Gasteiger partial charge in [0.2, 0.25) is 0 Å². The Morgan fingerprint density at radius 2 is 1.72 bits per heavy atom.